The van der Waals surface area contributed by atoms with E-state index in [1.54, 1.807) is 12.4 Å². The lowest BCUT2D eigenvalue weighted by molar-refractivity contribution is -0.145. The van der Waals surface area contributed by atoms with E-state index in [2.05, 4.69) is 15.6 Å². The van der Waals surface area contributed by atoms with Crippen molar-refractivity contribution in [2.45, 2.75) is 49.6 Å². The Labute approximate surface area is 139 Å². The molecule has 0 saturated carbocycles. The number of ether oxygens (including phenoxy) is 1. The van der Waals surface area contributed by atoms with Gasteiger partial charge in [0.15, 0.2) is 0 Å². The van der Waals surface area contributed by atoms with Crippen LogP contribution in [0.5, 0.6) is 0 Å². The lowest BCUT2D eigenvalue weighted by atomic mass is 10.0. The molecule has 6 nitrogen and oxygen atoms in total. The van der Waals surface area contributed by atoms with Crippen molar-refractivity contribution in [1.82, 2.24) is 15.6 Å². The maximum absolute atomic E-state index is 11.7. The standard InChI is InChI=1S/C16H21N3O3S/c20-14(22-9-11-5-7-17-8-6-11)4-2-1-3-13-15-12(10-23-13)18-16(21)19-15/h5-8,12-13,15H,1-4,9-10H2,(H2,18,19,21). The first kappa shape index (κ1) is 16.1. The number of hydrogen-bond donors (Lipinski definition) is 2. The van der Waals surface area contributed by atoms with Crippen LogP contribution in [0, 0.1) is 0 Å². The molecule has 0 bridgehead atoms. The molecule has 0 spiro atoms. The van der Waals surface area contributed by atoms with Crippen LogP contribution >= 0.6 is 11.8 Å². The summed E-state index contributed by atoms with van der Waals surface area (Å²) in [6, 6.07) is 4.13. The molecule has 1 aromatic rings. The number of thioether (sulfide) groups is 1. The number of carbonyl (C=O) groups is 2. The molecule has 0 radical (unpaired) electrons. The molecule has 2 saturated heterocycles. The Morgan fingerprint density at radius 1 is 1.30 bits per heavy atom. The molecule has 1 aromatic heterocycles. The van der Waals surface area contributed by atoms with Gasteiger partial charge in [-0.05, 0) is 30.5 Å². The monoisotopic (exact) mass is 335 g/mol. The van der Waals surface area contributed by atoms with Crippen LogP contribution in [0.15, 0.2) is 24.5 Å². The van der Waals surface area contributed by atoms with Crippen LogP contribution in [0.4, 0.5) is 4.79 Å². The van der Waals surface area contributed by atoms with Crippen molar-refractivity contribution in [2.75, 3.05) is 5.75 Å². The summed E-state index contributed by atoms with van der Waals surface area (Å²) in [5, 5.41) is 6.37. The summed E-state index contributed by atoms with van der Waals surface area (Å²) < 4.78 is 5.24. The summed E-state index contributed by atoms with van der Waals surface area (Å²) in [5.74, 6) is 0.816. The third kappa shape index (κ3) is 4.37. The second-order valence-electron chi connectivity index (χ2n) is 5.88. The number of esters is 1. The van der Waals surface area contributed by atoms with E-state index in [9.17, 15) is 9.59 Å². The van der Waals surface area contributed by atoms with Crippen LogP contribution in [0.3, 0.4) is 0 Å². The molecule has 124 valence electrons. The summed E-state index contributed by atoms with van der Waals surface area (Å²) in [7, 11) is 0. The summed E-state index contributed by atoms with van der Waals surface area (Å²) in [6.07, 6.45) is 6.64. The number of amides is 2. The van der Waals surface area contributed by atoms with Crippen LogP contribution in [0.1, 0.15) is 31.2 Å². The largest absolute Gasteiger partial charge is 0.461 e. The van der Waals surface area contributed by atoms with Crippen LogP contribution in [0.25, 0.3) is 0 Å². The van der Waals surface area contributed by atoms with Gasteiger partial charge in [-0.15, -0.1) is 0 Å². The number of nitrogens with one attached hydrogen (secondary N) is 2. The number of aromatic nitrogens is 1. The molecule has 2 N–H and O–H groups in total. The maximum atomic E-state index is 11.7. The summed E-state index contributed by atoms with van der Waals surface area (Å²) in [5.41, 5.74) is 0.950. The average Bonchev–Trinajstić information content (AvgIpc) is 3.10. The van der Waals surface area contributed by atoms with E-state index in [0.717, 1.165) is 30.6 Å². The van der Waals surface area contributed by atoms with E-state index in [0.29, 0.717) is 18.3 Å². The fourth-order valence-electron chi connectivity index (χ4n) is 2.97. The van der Waals surface area contributed by atoms with Gasteiger partial charge < -0.3 is 15.4 Å². The molecule has 7 heteroatoms. The Hall–Kier alpha value is -1.76. The minimum atomic E-state index is -0.158. The van der Waals surface area contributed by atoms with Crippen LogP contribution in [-0.2, 0) is 16.1 Å². The molecule has 2 aliphatic rings. The fourth-order valence-corrected chi connectivity index (χ4v) is 4.52. The van der Waals surface area contributed by atoms with Gasteiger partial charge in [0.2, 0.25) is 0 Å². The Bertz CT molecular complexity index is 555. The van der Waals surface area contributed by atoms with Crippen molar-refractivity contribution < 1.29 is 14.3 Å². The highest BCUT2D eigenvalue weighted by Crippen LogP contribution is 2.33. The zero-order chi connectivity index (χ0) is 16.1. The number of fused-ring (bicyclic) bond motifs is 1. The Morgan fingerprint density at radius 2 is 2.13 bits per heavy atom. The highest BCUT2D eigenvalue weighted by Gasteiger charge is 2.42. The van der Waals surface area contributed by atoms with Gasteiger partial charge in [0.25, 0.3) is 0 Å². The minimum absolute atomic E-state index is 0.0509. The molecule has 2 fully saturated rings. The molecular weight excluding hydrogens is 314 g/mol. The second kappa shape index (κ2) is 7.68. The van der Waals surface area contributed by atoms with Gasteiger partial charge >= 0.3 is 12.0 Å². The van der Waals surface area contributed by atoms with Gasteiger partial charge in [0, 0.05) is 29.8 Å². The third-order valence-corrected chi connectivity index (χ3v) is 5.72. The SMILES string of the molecule is O=C1NC2CSC(CCCCC(=O)OCc3ccncc3)C2N1. The van der Waals surface area contributed by atoms with Crippen LogP contribution < -0.4 is 10.6 Å². The highest BCUT2D eigenvalue weighted by atomic mass is 32.2. The smallest absolute Gasteiger partial charge is 0.315 e. The first-order chi connectivity index (χ1) is 11.2. The van der Waals surface area contributed by atoms with Gasteiger partial charge in [-0.1, -0.05) is 6.42 Å². The second-order valence-corrected chi connectivity index (χ2v) is 7.16. The molecule has 23 heavy (non-hydrogen) atoms. The van der Waals surface area contributed by atoms with E-state index in [1.807, 2.05) is 23.9 Å². The predicted molar refractivity (Wildman–Crippen MR) is 88.0 cm³/mol. The molecule has 0 aromatic carbocycles. The molecular formula is C16H21N3O3S. The first-order valence-electron chi connectivity index (χ1n) is 7.95. The molecule has 3 unspecified atom stereocenters. The van der Waals surface area contributed by atoms with Crippen molar-refractivity contribution in [3.8, 4) is 0 Å². The number of hydrogen-bond acceptors (Lipinski definition) is 5. The zero-order valence-electron chi connectivity index (χ0n) is 12.9. The maximum Gasteiger partial charge on any atom is 0.315 e. The zero-order valence-corrected chi connectivity index (χ0v) is 13.7. The van der Waals surface area contributed by atoms with Gasteiger partial charge in [0.05, 0.1) is 12.1 Å². The number of urea groups is 1. The topological polar surface area (TPSA) is 80.3 Å². The van der Waals surface area contributed by atoms with Crippen LogP contribution in [-0.4, -0.2) is 40.1 Å². The predicted octanol–water partition coefficient (Wildman–Crippen LogP) is 1.85. The van der Waals surface area contributed by atoms with Crippen molar-refractivity contribution in [1.29, 1.82) is 0 Å². The van der Waals surface area contributed by atoms with Crippen LogP contribution in [0.2, 0.25) is 0 Å². The lowest BCUT2D eigenvalue weighted by Crippen LogP contribution is -2.36. The van der Waals surface area contributed by atoms with Gasteiger partial charge in [-0.2, -0.15) is 11.8 Å². The van der Waals surface area contributed by atoms with E-state index in [-0.39, 0.29) is 24.1 Å². The normalized spacial score (nSPS) is 25.6. The third-order valence-electron chi connectivity index (χ3n) is 4.21. The number of carbonyl (C=O) groups excluding carboxylic acids is 2. The fraction of sp³-hybridized carbons (Fsp3) is 0.562. The minimum Gasteiger partial charge on any atom is -0.461 e. The Morgan fingerprint density at radius 3 is 2.96 bits per heavy atom. The van der Waals surface area contributed by atoms with Gasteiger partial charge in [-0.25, -0.2) is 4.79 Å². The number of unbranched alkanes of at least 4 members (excludes halogenated alkanes) is 1. The number of pyridine rings is 1. The summed E-state index contributed by atoms with van der Waals surface area (Å²) >= 11 is 1.90. The summed E-state index contributed by atoms with van der Waals surface area (Å²) in [4.78, 5) is 27.0. The number of nitrogens with zero attached hydrogens (tertiary/aromatic N) is 1. The highest BCUT2D eigenvalue weighted by molar-refractivity contribution is 8.00. The lowest BCUT2D eigenvalue weighted by Gasteiger charge is -2.16. The first-order valence-corrected chi connectivity index (χ1v) is 9.00. The molecule has 3 rings (SSSR count). The van der Waals surface area contributed by atoms with Gasteiger partial charge in [-0.3, -0.25) is 9.78 Å². The quantitative estimate of drug-likeness (QED) is 0.452. The molecule has 3 heterocycles. The molecule has 2 aliphatic heterocycles. The van der Waals surface area contributed by atoms with E-state index < -0.39 is 0 Å². The molecule has 0 aliphatic carbocycles. The molecule has 3 atom stereocenters. The summed E-state index contributed by atoms with van der Waals surface area (Å²) in [6.45, 7) is 0.307. The average molecular weight is 335 g/mol. The molecule has 2 amide bonds. The van der Waals surface area contributed by atoms with E-state index in [4.69, 9.17) is 4.74 Å². The number of rotatable bonds is 7. The van der Waals surface area contributed by atoms with E-state index >= 15 is 0 Å². The van der Waals surface area contributed by atoms with Crippen molar-refractivity contribution in [3.63, 3.8) is 0 Å². The van der Waals surface area contributed by atoms with E-state index in [1.165, 1.54) is 0 Å². The van der Waals surface area contributed by atoms with Crippen molar-refractivity contribution in [2.24, 2.45) is 0 Å². The Kier molecular flexibility index (Phi) is 5.38. The van der Waals surface area contributed by atoms with Gasteiger partial charge in [0.1, 0.15) is 6.61 Å². The Balaban J connectivity index is 1.29. The van der Waals surface area contributed by atoms with Crippen molar-refractivity contribution in [3.05, 3.63) is 30.1 Å². The van der Waals surface area contributed by atoms with Crippen molar-refractivity contribution >= 4 is 23.8 Å².